The fourth-order valence-electron chi connectivity index (χ4n) is 2.68. The lowest BCUT2D eigenvalue weighted by Crippen LogP contribution is -2.43. The predicted octanol–water partition coefficient (Wildman–Crippen LogP) is 1.07. The molecule has 2 aromatic rings. The second-order valence-corrected chi connectivity index (χ2v) is 6.00. The van der Waals surface area contributed by atoms with Gasteiger partial charge in [0.1, 0.15) is 11.4 Å². The Kier molecular flexibility index (Phi) is 5.93. The Labute approximate surface area is 146 Å². The summed E-state index contributed by atoms with van der Waals surface area (Å²) in [6.07, 6.45) is 0.666. The maximum atomic E-state index is 12.6. The van der Waals surface area contributed by atoms with Gasteiger partial charge in [-0.1, -0.05) is 37.3 Å². The summed E-state index contributed by atoms with van der Waals surface area (Å²) in [7, 11) is 1.35. The predicted molar refractivity (Wildman–Crippen MR) is 97.8 cm³/mol. The fourth-order valence-corrected chi connectivity index (χ4v) is 2.68. The number of Topliss-reactive ketones (excluding diaryl/α,β-unsaturated/α-hetero) is 1. The van der Waals surface area contributed by atoms with Crippen LogP contribution in [0.2, 0.25) is 0 Å². The molecule has 2 rings (SSSR count). The molecular weight excluding hydrogens is 320 g/mol. The number of hydrogen-bond acceptors (Lipinski definition) is 5. The normalized spacial score (nSPS) is 12.1. The molecule has 1 heterocycles. The highest BCUT2D eigenvalue weighted by Gasteiger charge is 2.21. The smallest absolute Gasteiger partial charge is 0.332 e. The Morgan fingerprint density at radius 2 is 1.88 bits per heavy atom. The number of nitrogens with two attached hydrogens (primary N) is 1. The first-order valence-corrected chi connectivity index (χ1v) is 8.29. The van der Waals surface area contributed by atoms with Crippen molar-refractivity contribution < 1.29 is 4.79 Å². The summed E-state index contributed by atoms with van der Waals surface area (Å²) in [6, 6.07) is 9.61. The lowest BCUT2D eigenvalue weighted by atomic mass is 10.1. The van der Waals surface area contributed by atoms with Gasteiger partial charge in [-0.3, -0.25) is 18.7 Å². The van der Waals surface area contributed by atoms with Gasteiger partial charge in [0.05, 0.1) is 6.54 Å². The number of rotatable bonds is 7. The molecule has 134 valence electrons. The molecule has 1 atom stereocenters. The molecule has 0 aliphatic rings. The molecule has 25 heavy (non-hydrogen) atoms. The van der Waals surface area contributed by atoms with E-state index in [4.69, 9.17) is 5.73 Å². The number of carbonyl (C=O) groups is 1. The van der Waals surface area contributed by atoms with Crippen molar-refractivity contribution in [1.29, 1.82) is 0 Å². The van der Waals surface area contributed by atoms with Crippen molar-refractivity contribution in [2.45, 2.75) is 32.9 Å². The summed E-state index contributed by atoms with van der Waals surface area (Å²) in [5, 5.41) is 3.10. The van der Waals surface area contributed by atoms with E-state index in [1.54, 1.807) is 0 Å². The van der Waals surface area contributed by atoms with Crippen LogP contribution in [0.3, 0.4) is 0 Å². The molecule has 0 fully saturated rings. The maximum absolute atomic E-state index is 12.6. The second-order valence-electron chi connectivity index (χ2n) is 6.00. The number of anilines is 1. The van der Waals surface area contributed by atoms with Gasteiger partial charge in [0.15, 0.2) is 5.78 Å². The minimum Gasteiger partial charge on any atom is -0.384 e. The average Bonchev–Trinajstić information content (AvgIpc) is 2.62. The number of nitrogens with zero attached hydrogens (tertiary/aromatic N) is 2. The van der Waals surface area contributed by atoms with Gasteiger partial charge in [-0.05, 0) is 18.9 Å². The van der Waals surface area contributed by atoms with Crippen molar-refractivity contribution >= 4 is 11.6 Å². The van der Waals surface area contributed by atoms with Gasteiger partial charge in [0.25, 0.3) is 5.56 Å². The van der Waals surface area contributed by atoms with Crippen LogP contribution in [0.5, 0.6) is 0 Å². The van der Waals surface area contributed by atoms with E-state index in [-0.39, 0.29) is 24.0 Å². The van der Waals surface area contributed by atoms with Crippen molar-refractivity contribution in [2.75, 3.05) is 12.3 Å². The third-order valence-corrected chi connectivity index (χ3v) is 4.18. The molecule has 1 aromatic carbocycles. The first-order valence-electron chi connectivity index (χ1n) is 8.29. The highest BCUT2D eigenvalue weighted by molar-refractivity contribution is 6.01. The zero-order chi connectivity index (χ0) is 18.6. The Morgan fingerprint density at radius 1 is 1.24 bits per heavy atom. The highest BCUT2D eigenvalue weighted by atomic mass is 16.2. The van der Waals surface area contributed by atoms with E-state index in [1.807, 2.05) is 44.2 Å². The molecule has 0 aliphatic heterocycles. The van der Waals surface area contributed by atoms with E-state index in [2.05, 4.69) is 5.32 Å². The molecule has 0 radical (unpaired) electrons. The van der Waals surface area contributed by atoms with Gasteiger partial charge >= 0.3 is 5.69 Å². The van der Waals surface area contributed by atoms with Gasteiger partial charge in [-0.25, -0.2) is 4.79 Å². The van der Waals surface area contributed by atoms with Crippen LogP contribution in [0.15, 0.2) is 39.9 Å². The van der Waals surface area contributed by atoms with Gasteiger partial charge in [0, 0.05) is 19.6 Å². The van der Waals surface area contributed by atoms with Gasteiger partial charge in [0.2, 0.25) is 0 Å². The Hall–Kier alpha value is -2.67. The van der Waals surface area contributed by atoms with Crippen LogP contribution in [0.4, 0.5) is 5.82 Å². The molecule has 0 unspecified atom stereocenters. The molecule has 7 nitrogen and oxygen atoms in total. The lowest BCUT2D eigenvalue weighted by molar-refractivity contribution is 0.0986. The van der Waals surface area contributed by atoms with E-state index in [0.717, 1.165) is 10.1 Å². The minimum atomic E-state index is -0.658. The van der Waals surface area contributed by atoms with Crippen molar-refractivity contribution in [1.82, 2.24) is 14.5 Å². The highest BCUT2D eigenvalue weighted by Crippen LogP contribution is 2.12. The summed E-state index contributed by atoms with van der Waals surface area (Å²) >= 11 is 0. The number of hydrogen-bond donors (Lipinski definition) is 2. The largest absolute Gasteiger partial charge is 0.384 e. The zero-order valence-electron chi connectivity index (χ0n) is 14.8. The maximum Gasteiger partial charge on any atom is 0.332 e. The lowest BCUT2D eigenvalue weighted by Gasteiger charge is -2.16. The molecule has 3 N–H and O–H groups in total. The molecule has 1 aromatic heterocycles. The van der Waals surface area contributed by atoms with Crippen LogP contribution < -0.4 is 22.3 Å². The summed E-state index contributed by atoms with van der Waals surface area (Å²) in [5.74, 6) is -0.486. The number of nitrogens with one attached hydrogen (secondary N) is 1. The summed E-state index contributed by atoms with van der Waals surface area (Å²) < 4.78 is 2.20. The Morgan fingerprint density at radius 3 is 2.48 bits per heavy atom. The van der Waals surface area contributed by atoms with E-state index in [9.17, 15) is 14.4 Å². The Balaban J connectivity index is 2.27. The molecule has 0 amide bonds. The SMILES string of the molecule is CCCn1c(N)c(C(=O)CN[C@H](C)c2ccccc2)c(=O)n(C)c1=O. The summed E-state index contributed by atoms with van der Waals surface area (Å²) in [5.41, 5.74) is 5.69. The van der Waals surface area contributed by atoms with E-state index < -0.39 is 17.0 Å². The summed E-state index contributed by atoms with van der Waals surface area (Å²) in [6.45, 7) is 4.14. The van der Waals surface area contributed by atoms with Crippen molar-refractivity contribution in [3.63, 3.8) is 0 Å². The van der Waals surface area contributed by atoms with Crippen molar-refractivity contribution in [3.05, 3.63) is 62.3 Å². The van der Waals surface area contributed by atoms with Crippen LogP contribution in [-0.2, 0) is 13.6 Å². The molecule has 0 saturated carbocycles. The van der Waals surface area contributed by atoms with Gasteiger partial charge < -0.3 is 11.1 Å². The topological polar surface area (TPSA) is 99.1 Å². The third-order valence-electron chi connectivity index (χ3n) is 4.18. The first kappa shape index (κ1) is 18.7. The molecule has 7 heteroatoms. The number of carbonyl (C=O) groups excluding carboxylic acids is 1. The fraction of sp³-hybridized carbons (Fsp3) is 0.389. The van der Waals surface area contributed by atoms with E-state index in [0.29, 0.717) is 13.0 Å². The van der Waals surface area contributed by atoms with Crippen LogP contribution in [0.1, 0.15) is 42.2 Å². The van der Waals surface area contributed by atoms with Crippen LogP contribution in [0.25, 0.3) is 0 Å². The number of nitrogen functional groups attached to an aromatic ring is 1. The standard InChI is InChI=1S/C18H24N4O3/c1-4-10-22-16(19)15(17(24)21(3)18(22)25)14(23)11-20-12(2)13-8-6-5-7-9-13/h5-9,12,20H,4,10-11,19H2,1-3H3/t12-/m1/s1. The summed E-state index contributed by atoms with van der Waals surface area (Å²) in [4.78, 5) is 37.1. The molecule has 0 saturated heterocycles. The van der Waals surface area contributed by atoms with Gasteiger partial charge in [-0.2, -0.15) is 0 Å². The van der Waals surface area contributed by atoms with Crippen LogP contribution >= 0.6 is 0 Å². The quantitative estimate of drug-likeness (QED) is 0.732. The van der Waals surface area contributed by atoms with Crippen molar-refractivity contribution in [2.24, 2.45) is 7.05 Å². The second kappa shape index (κ2) is 7.94. The third kappa shape index (κ3) is 3.88. The number of ketones is 1. The average molecular weight is 344 g/mol. The molecular formula is C18H24N4O3. The number of benzene rings is 1. The first-order chi connectivity index (χ1) is 11.9. The zero-order valence-corrected chi connectivity index (χ0v) is 14.8. The van der Waals surface area contributed by atoms with Crippen LogP contribution in [-0.4, -0.2) is 21.5 Å². The monoisotopic (exact) mass is 344 g/mol. The number of aromatic nitrogens is 2. The van der Waals surface area contributed by atoms with Gasteiger partial charge in [-0.15, -0.1) is 0 Å². The van der Waals surface area contributed by atoms with Crippen molar-refractivity contribution in [3.8, 4) is 0 Å². The molecule has 0 spiro atoms. The van der Waals surface area contributed by atoms with E-state index >= 15 is 0 Å². The van der Waals surface area contributed by atoms with Crippen LogP contribution in [0, 0.1) is 0 Å². The Bertz CT molecular complexity index is 868. The minimum absolute atomic E-state index is 0.0418. The van der Waals surface area contributed by atoms with E-state index in [1.165, 1.54) is 11.6 Å². The molecule has 0 aliphatic carbocycles. The molecule has 0 bridgehead atoms.